The third-order valence-electron chi connectivity index (χ3n) is 4.15. The molecule has 1 aromatic carbocycles. The lowest BCUT2D eigenvalue weighted by atomic mass is 10.0. The number of likely N-dealkylation sites (tertiary alicyclic amines) is 1. The van der Waals surface area contributed by atoms with E-state index in [1.807, 2.05) is 30.1 Å². The highest BCUT2D eigenvalue weighted by molar-refractivity contribution is 9.10. The molecular formula is C16H18BrN3O2. The van der Waals surface area contributed by atoms with Crippen molar-refractivity contribution < 1.29 is 4.79 Å². The highest BCUT2D eigenvalue weighted by atomic mass is 79.9. The molecule has 2 heterocycles. The Labute approximate surface area is 136 Å². The van der Waals surface area contributed by atoms with Gasteiger partial charge in [0.05, 0.1) is 5.56 Å². The molecule has 1 aliphatic rings. The molecule has 2 N–H and O–H groups in total. The highest BCUT2D eigenvalue weighted by Crippen LogP contribution is 2.22. The molecule has 5 nitrogen and oxygen atoms in total. The van der Waals surface area contributed by atoms with Crippen LogP contribution >= 0.6 is 15.9 Å². The first-order valence-electron chi connectivity index (χ1n) is 7.37. The Morgan fingerprint density at radius 2 is 2.23 bits per heavy atom. The number of nitrogens with zero attached hydrogens (tertiary/aromatic N) is 1. The van der Waals surface area contributed by atoms with Gasteiger partial charge in [-0.3, -0.25) is 9.59 Å². The summed E-state index contributed by atoms with van der Waals surface area (Å²) in [7, 11) is 1.92. The lowest BCUT2D eigenvalue weighted by Gasteiger charge is -2.32. The summed E-state index contributed by atoms with van der Waals surface area (Å²) in [6.07, 6.45) is 2.05. The number of H-pyrrole nitrogens is 1. The number of nitrogens with one attached hydrogen (secondary N) is 2. The normalized spacial score (nSPS) is 18.6. The standard InChI is InChI=1S/C16H18BrN3O2/c1-18-11-3-2-6-20(9-11)16(22)13-8-15(21)19-14-5-4-10(17)7-12(13)14/h4-5,7-8,11,18H,2-3,6,9H2,1H3,(H,19,21)/t11-/m1/s1. The smallest absolute Gasteiger partial charge is 0.254 e. The maximum atomic E-state index is 12.9. The third kappa shape index (κ3) is 2.94. The Balaban J connectivity index is 2.03. The van der Waals surface area contributed by atoms with Gasteiger partial charge in [-0.2, -0.15) is 0 Å². The van der Waals surface area contributed by atoms with E-state index in [9.17, 15) is 9.59 Å². The SMILES string of the molecule is CN[C@@H]1CCCN(C(=O)c2cc(=O)[nH]c3ccc(Br)cc23)C1. The fourth-order valence-corrected chi connectivity index (χ4v) is 3.33. The van der Waals surface area contributed by atoms with Crippen molar-refractivity contribution >= 4 is 32.7 Å². The van der Waals surface area contributed by atoms with Gasteiger partial charge in [0.25, 0.3) is 5.91 Å². The van der Waals surface area contributed by atoms with Crippen LogP contribution in [0.15, 0.2) is 33.5 Å². The average Bonchev–Trinajstić information content (AvgIpc) is 2.54. The lowest BCUT2D eigenvalue weighted by molar-refractivity contribution is 0.0700. The Bertz CT molecular complexity index is 772. The number of benzene rings is 1. The van der Waals surface area contributed by atoms with Gasteiger partial charge in [0.1, 0.15) is 0 Å². The molecule has 0 aliphatic carbocycles. The number of aromatic amines is 1. The van der Waals surface area contributed by atoms with Gasteiger partial charge >= 0.3 is 0 Å². The molecule has 1 fully saturated rings. The number of rotatable bonds is 2. The zero-order chi connectivity index (χ0) is 15.7. The van der Waals surface area contributed by atoms with Crippen LogP contribution in [0.3, 0.4) is 0 Å². The van der Waals surface area contributed by atoms with Crippen LogP contribution in [0.2, 0.25) is 0 Å². The fourth-order valence-electron chi connectivity index (χ4n) is 2.97. The van der Waals surface area contributed by atoms with Crippen LogP contribution in [0, 0.1) is 0 Å². The summed E-state index contributed by atoms with van der Waals surface area (Å²) in [6.45, 7) is 1.41. The predicted octanol–water partition coefficient (Wildman–Crippen LogP) is 2.11. The van der Waals surface area contributed by atoms with Crippen molar-refractivity contribution in [3.05, 3.63) is 44.7 Å². The van der Waals surface area contributed by atoms with Gasteiger partial charge in [-0.25, -0.2) is 0 Å². The third-order valence-corrected chi connectivity index (χ3v) is 4.65. The molecule has 2 aromatic rings. The van der Waals surface area contributed by atoms with Crippen molar-refractivity contribution in [1.29, 1.82) is 0 Å². The Hall–Kier alpha value is -1.66. The molecule has 22 heavy (non-hydrogen) atoms. The van der Waals surface area contributed by atoms with Crippen LogP contribution in [-0.4, -0.2) is 42.0 Å². The molecule has 0 spiro atoms. The topological polar surface area (TPSA) is 65.2 Å². The number of piperidine rings is 1. The maximum Gasteiger partial charge on any atom is 0.254 e. The van der Waals surface area contributed by atoms with Crippen LogP contribution in [-0.2, 0) is 0 Å². The monoisotopic (exact) mass is 363 g/mol. The van der Waals surface area contributed by atoms with Crippen molar-refractivity contribution in [1.82, 2.24) is 15.2 Å². The second kappa shape index (κ2) is 6.22. The van der Waals surface area contributed by atoms with Crippen molar-refractivity contribution in [2.45, 2.75) is 18.9 Å². The molecule has 1 saturated heterocycles. The highest BCUT2D eigenvalue weighted by Gasteiger charge is 2.25. The van der Waals surface area contributed by atoms with E-state index in [0.29, 0.717) is 23.7 Å². The van der Waals surface area contributed by atoms with E-state index in [1.54, 1.807) is 0 Å². The summed E-state index contributed by atoms with van der Waals surface area (Å²) in [5.41, 5.74) is 0.901. The molecule has 1 aromatic heterocycles. The summed E-state index contributed by atoms with van der Waals surface area (Å²) in [5, 5.41) is 4.00. The fraction of sp³-hybridized carbons (Fsp3) is 0.375. The first-order chi connectivity index (χ1) is 10.6. The van der Waals surface area contributed by atoms with Gasteiger partial charge in [0.2, 0.25) is 5.56 Å². The van der Waals surface area contributed by atoms with Crippen molar-refractivity contribution in [2.75, 3.05) is 20.1 Å². The van der Waals surface area contributed by atoms with Gasteiger partial charge in [-0.15, -0.1) is 0 Å². The van der Waals surface area contributed by atoms with E-state index in [2.05, 4.69) is 26.2 Å². The van der Waals surface area contributed by atoms with Crippen LogP contribution < -0.4 is 10.9 Å². The van der Waals surface area contributed by atoms with Crippen molar-refractivity contribution in [3.8, 4) is 0 Å². The molecule has 0 radical (unpaired) electrons. The largest absolute Gasteiger partial charge is 0.337 e. The van der Waals surface area contributed by atoms with Gasteiger partial charge in [-0.1, -0.05) is 15.9 Å². The van der Waals surface area contributed by atoms with E-state index >= 15 is 0 Å². The van der Waals surface area contributed by atoms with E-state index in [-0.39, 0.29) is 11.5 Å². The number of carbonyl (C=O) groups is 1. The van der Waals surface area contributed by atoms with Gasteiger partial charge in [-0.05, 0) is 38.1 Å². The number of amides is 1. The second-order valence-electron chi connectivity index (χ2n) is 5.62. The molecule has 0 unspecified atom stereocenters. The molecule has 1 amide bonds. The number of aromatic nitrogens is 1. The van der Waals surface area contributed by atoms with Crippen molar-refractivity contribution in [3.63, 3.8) is 0 Å². The Kier molecular flexibility index (Phi) is 4.31. The molecule has 0 bridgehead atoms. The number of likely N-dealkylation sites (N-methyl/N-ethyl adjacent to an activating group) is 1. The number of hydrogen-bond donors (Lipinski definition) is 2. The van der Waals surface area contributed by atoms with E-state index < -0.39 is 0 Å². The molecule has 0 saturated carbocycles. The molecule has 116 valence electrons. The minimum Gasteiger partial charge on any atom is -0.337 e. The van der Waals surface area contributed by atoms with Crippen LogP contribution in [0.1, 0.15) is 23.2 Å². The minimum absolute atomic E-state index is 0.0749. The van der Waals surface area contributed by atoms with E-state index in [1.165, 1.54) is 6.07 Å². The average molecular weight is 364 g/mol. The molecule has 1 atom stereocenters. The van der Waals surface area contributed by atoms with E-state index in [4.69, 9.17) is 0 Å². The number of carbonyl (C=O) groups excluding carboxylic acids is 1. The van der Waals surface area contributed by atoms with Crippen LogP contribution in [0.25, 0.3) is 10.9 Å². The number of fused-ring (bicyclic) bond motifs is 1. The van der Waals surface area contributed by atoms with Gasteiger partial charge < -0.3 is 15.2 Å². The first kappa shape index (κ1) is 15.2. The maximum absolute atomic E-state index is 12.9. The summed E-state index contributed by atoms with van der Waals surface area (Å²) in [4.78, 5) is 29.3. The summed E-state index contributed by atoms with van der Waals surface area (Å²) < 4.78 is 0.882. The molecular weight excluding hydrogens is 346 g/mol. The zero-order valence-corrected chi connectivity index (χ0v) is 13.9. The predicted molar refractivity (Wildman–Crippen MR) is 90.3 cm³/mol. The first-order valence-corrected chi connectivity index (χ1v) is 8.17. The quantitative estimate of drug-likeness (QED) is 0.858. The van der Waals surface area contributed by atoms with Crippen LogP contribution in [0.5, 0.6) is 0 Å². The number of hydrogen-bond acceptors (Lipinski definition) is 3. The number of pyridine rings is 1. The zero-order valence-electron chi connectivity index (χ0n) is 12.4. The second-order valence-corrected chi connectivity index (χ2v) is 6.53. The summed E-state index contributed by atoms with van der Waals surface area (Å²) in [6, 6.07) is 7.25. The summed E-state index contributed by atoms with van der Waals surface area (Å²) in [5.74, 6) is -0.0749. The van der Waals surface area contributed by atoms with Crippen molar-refractivity contribution in [2.24, 2.45) is 0 Å². The summed E-state index contributed by atoms with van der Waals surface area (Å²) >= 11 is 3.42. The molecule has 3 rings (SSSR count). The number of halogens is 1. The lowest BCUT2D eigenvalue weighted by Crippen LogP contribution is -2.47. The van der Waals surface area contributed by atoms with Gasteiger partial charge in [0.15, 0.2) is 0 Å². The Morgan fingerprint density at radius 3 is 3.00 bits per heavy atom. The Morgan fingerprint density at radius 1 is 1.41 bits per heavy atom. The molecule has 6 heteroatoms. The van der Waals surface area contributed by atoms with Crippen LogP contribution in [0.4, 0.5) is 0 Å². The minimum atomic E-state index is -0.250. The van der Waals surface area contributed by atoms with E-state index in [0.717, 1.165) is 29.2 Å². The van der Waals surface area contributed by atoms with Gasteiger partial charge in [0, 0.05) is 40.6 Å². The molecule has 1 aliphatic heterocycles.